The second-order valence-corrected chi connectivity index (χ2v) is 8.34. The Hall–Kier alpha value is -2.11. The zero-order valence-electron chi connectivity index (χ0n) is 16.6. The first-order chi connectivity index (χ1) is 14.1. The molecule has 2 heterocycles. The molecule has 0 spiro atoms. The Labute approximate surface area is 176 Å². The summed E-state index contributed by atoms with van der Waals surface area (Å²) in [6.45, 7) is 5.19. The van der Waals surface area contributed by atoms with Crippen LogP contribution in [-0.2, 0) is 11.3 Å². The van der Waals surface area contributed by atoms with Crippen molar-refractivity contribution in [3.05, 3.63) is 64.9 Å². The van der Waals surface area contributed by atoms with E-state index in [1.54, 1.807) is 12.1 Å². The quantitative estimate of drug-likeness (QED) is 0.754. The number of rotatable bonds is 4. The van der Waals surface area contributed by atoms with Crippen molar-refractivity contribution in [2.75, 3.05) is 44.2 Å². The van der Waals surface area contributed by atoms with Crippen LogP contribution in [0, 0.1) is 11.7 Å². The molecular weight excluding hydrogens is 389 g/mol. The number of amides is 1. The van der Waals surface area contributed by atoms with Crippen LogP contribution in [0.2, 0.25) is 5.02 Å². The Bertz CT molecular complexity index is 854. The van der Waals surface area contributed by atoms with Crippen LogP contribution in [0.1, 0.15) is 18.4 Å². The average molecular weight is 416 g/mol. The van der Waals surface area contributed by atoms with Gasteiger partial charge in [-0.25, -0.2) is 4.39 Å². The van der Waals surface area contributed by atoms with Gasteiger partial charge in [0, 0.05) is 44.3 Å². The summed E-state index contributed by atoms with van der Waals surface area (Å²) < 4.78 is 14.0. The number of hydrogen-bond acceptors (Lipinski definition) is 3. The van der Waals surface area contributed by atoms with Crippen LogP contribution in [0.3, 0.4) is 0 Å². The van der Waals surface area contributed by atoms with Gasteiger partial charge in [0.1, 0.15) is 5.82 Å². The third-order valence-corrected chi connectivity index (χ3v) is 6.36. The summed E-state index contributed by atoms with van der Waals surface area (Å²) in [5.41, 5.74) is 1.74. The molecule has 4 rings (SSSR count). The normalized spacial score (nSPS) is 20.7. The second-order valence-electron chi connectivity index (χ2n) is 7.93. The molecular formula is C23H27ClFN3O. The Balaban J connectivity index is 1.33. The van der Waals surface area contributed by atoms with Gasteiger partial charge in [-0.05, 0) is 43.1 Å². The Kier molecular flexibility index (Phi) is 6.36. The van der Waals surface area contributed by atoms with E-state index in [2.05, 4.69) is 11.0 Å². The molecule has 2 aromatic carbocycles. The van der Waals surface area contributed by atoms with E-state index < -0.39 is 0 Å². The van der Waals surface area contributed by atoms with Gasteiger partial charge >= 0.3 is 0 Å². The molecule has 6 heteroatoms. The zero-order valence-corrected chi connectivity index (χ0v) is 17.3. The third kappa shape index (κ3) is 4.73. The number of piperazine rings is 1. The van der Waals surface area contributed by atoms with Crippen molar-refractivity contribution in [3.8, 4) is 0 Å². The Morgan fingerprint density at radius 1 is 1.00 bits per heavy atom. The highest BCUT2D eigenvalue weighted by Crippen LogP contribution is 2.25. The van der Waals surface area contributed by atoms with Crippen molar-refractivity contribution in [1.82, 2.24) is 9.80 Å². The van der Waals surface area contributed by atoms with Crippen LogP contribution in [0.4, 0.5) is 10.1 Å². The molecule has 0 saturated carbocycles. The number of anilines is 1. The van der Waals surface area contributed by atoms with E-state index >= 15 is 0 Å². The molecule has 1 amide bonds. The summed E-state index contributed by atoms with van der Waals surface area (Å²) in [5.74, 6) is 0.0723. The fourth-order valence-corrected chi connectivity index (χ4v) is 4.60. The summed E-state index contributed by atoms with van der Waals surface area (Å²) in [4.78, 5) is 19.4. The van der Waals surface area contributed by atoms with Gasteiger partial charge in [-0.3, -0.25) is 9.69 Å². The number of hydrogen-bond donors (Lipinski definition) is 0. The highest BCUT2D eigenvalue weighted by Gasteiger charge is 2.31. The van der Waals surface area contributed by atoms with Crippen molar-refractivity contribution in [2.24, 2.45) is 5.92 Å². The van der Waals surface area contributed by atoms with Gasteiger partial charge in [0.05, 0.1) is 11.6 Å². The number of likely N-dealkylation sites (tertiary alicyclic amines) is 1. The van der Waals surface area contributed by atoms with E-state index in [1.165, 1.54) is 6.07 Å². The first-order valence-electron chi connectivity index (χ1n) is 10.4. The number of piperidine rings is 1. The van der Waals surface area contributed by atoms with Gasteiger partial charge in [-0.2, -0.15) is 0 Å². The summed E-state index contributed by atoms with van der Waals surface area (Å²) >= 11 is 6.31. The van der Waals surface area contributed by atoms with E-state index in [1.807, 2.05) is 34.1 Å². The van der Waals surface area contributed by atoms with Crippen LogP contribution in [0.5, 0.6) is 0 Å². The van der Waals surface area contributed by atoms with Crippen molar-refractivity contribution in [1.29, 1.82) is 0 Å². The fraction of sp³-hybridized carbons (Fsp3) is 0.435. The van der Waals surface area contributed by atoms with Crippen molar-refractivity contribution < 1.29 is 9.18 Å². The van der Waals surface area contributed by atoms with Crippen LogP contribution in [0.25, 0.3) is 0 Å². The van der Waals surface area contributed by atoms with E-state index in [9.17, 15) is 9.18 Å². The van der Waals surface area contributed by atoms with Crippen LogP contribution in [-0.4, -0.2) is 55.0 Å². The maximum absolute atomic E-state index is 14.0. The van der Waals surface area contributed by atoms with Crippen LogP contribution >= 0.6 is 11.6 Å². The molecule has 2 aliphatic rings. The lowest BCUT2D eigenvalue weighted by Gasteiger charge is -2.39. The fourth-order valence-electron chi connectivity index (χ4n) is 4.40. The molecule has 2 aromatic rings. The molecule has 0 aliphatic carbocycles. The molecule has 29 heavy (non-hydrogen) atoms. The lowest BCUT2D eigenvalue weighted by atomic mass is 9.95. The Morgan fingerprint density at radius 3 is 2.48 bits per heavy atom. The predicted octanol–water partition coefficient (Wildman–Crippen LogP) is 4.04. The molecule has 2 aliphatic heterocycles. The maximum atomic E-state index is 14.0. The number of carbonyl (C=O) groups excluding carboxylic acids is 1. The van der Waals surface area contributed by atoms with E-state index in [-0.39, 0.29) is 17.6 Å². The van der Waals surface area contributed by atoms with E-state index in [4.69, 9.17) is 11.6 Å². The second kappa shape index (κ2) is 9.14. The van der Waals surface area contributed by atoms with Crippen molar-refractivity contribution in [3.63, 3.8) is 0 Å². The van der Waals surface area contributed by atoms with Crippen molar-refractivity contribution in [2.45, 2.75) is 19.4 Å². The smallest absolute Gasteiger partial charge is 0.227 e. The maximum Gasteiger partial charge on any atom is 0.227 e. The zero-order chi connectivity index (χ0) is 20.2. The lowest BCUT2D eigenvalue weighted by Crippen LogP contribution is -2.52. The highest BCUT2D eigenvalue weighted by molar-refractivity contribution is 6.31. The minimum absolute atomic E-state index is 0.0336. The average Bonchev–Trinajstić information content (AvgIpc) is 2.76. The summed E-state index contributed by atoms with van der Waals surface area (Å²) in [6, 6.07) is 14.8. The summed E-state index contributed by atoms with van der Waals surface area (Å²) in [6.07, 6.45) is 1.96. The van der Waals surface area contributed by atoms with Gasteiger partial charge in [-0.15, -0.1) is 0 Å². The minimum atomic E-state index is -0.199. The number of nitrogens with zero attached hydrogens (tertiary/aromatic N) is 3. The van der Waals surface area contributed by atoms with Crippen LogP contribution in [0.15, 0.2) is 48.5 Å². The van der Waals surface area contributed by atoms with Crippen LogP contribution < -0.4 is 4.90 Å². The number of para-hydroxylation sites is 1. The molecule has 0 N–H and O–H groups in total. The lowest BCUT2D eigenvalue weighted by molar-refractivity contribution is -0.137. The van der Waals surface area contributed by atoms with Gasteiger partial charge in [0.15, 0.2) is 0 Å². The van der Waals surface area contributed by atoms with Gasteiger partial charge in [0.25, 0.3) is 0 Å². The highest BCUT2D eigenvalue weighted by atomic mass is 35.5. The number of benzene rings is 2. The summed E-state index contributed by atoms with van der Waals surface area (Å²) in [5, 5.41) is 0.783. The molecule has 154 valence electrons. The predicted molar refractivity (Wildman–Crippen MR) is 115 cm³/mol. The molecule has 0 aromatic heterocycles. The summed E-state index contributed by atoms with van der Waals surface area (Å²) in [7, 11) is 0. The molecule has 4 nitrogen and oxygen atoms in total. The number of carbonyl (C=O) groups is 1. The van der Waals surface area contributed by atoms with E-state index in [0.29, 0.717) is 31.9 Å². The van der Waals surface area contributed by atoms with Gasteiger partial charge in [-0.1, -0.05) is 41.9 Å². The van der Waals surface area contributed by atoms with Gasteiger partial charge in [0.2, 0.25) is 5.91 Å². The first-order valence-corrected chi connectivity index (χ1v) is 10.7. The van der Waals surface area contributed by atoms with Gasteiger partial charge < -0.3 is 9.80 Å². The molecule has 2 fully saturated rings. The topological polar surface area (TPSA) is 26.8 Å². The third-order valence-electron chi connectivity index (χ3n) is 5.99. The molecule has 2 saturated heterocycles. The first kappa shape index (κ1) is 20.2. The largest absolute Gasteiger partial charge is 0.366 e. The van der Waals surface area contributed by atoms with E-state index in [0.717, 1.165) is 43.1 Å². The van der Waals surface area contributed by atoms with Crippen molar-refractivity contribution >= 4 is 23.2 Å². The molecule has 1 unspecified atom stereocenters. The number of halogens is 2. The Morgan fingerprint density at radius 2 is 1.72 bits per heavy atom. The standard InChI is InChI=1S/C23H27ClFN3O/c24-20-8-2-1-6-18(20)16-26-11-5-7-19(17-26)23(29)28-14-12-27(13-15-28)22-10-4-3-9-21(22)25/h1-4,6,8-10,19H,5,7,11-17H2. The minimum Gasteiger partial charge on any atom is -0.366 e. The molecule has 1 atom stereocenters. The monoisotopic (exact) mass is 415 g/mol. The SMILES string of the molecule is O=C(C1CCCN(Cc2ccccc2Cl)C1)N1CCN(c2ccccc2F)CC1. The molecule has 0 bridgehead atoms. The molecule has 0 radical (unpaired) electrons.